The van der Waals surface area contributed by atoms with Crippen molar-refractivity contribution in [1.29, 1.82) is 0 Å². The standard InChI is InChI=1S/C12H16N2O4/c1-3-14(2)11(15)7-18-10-5-4-8(12(16)17)6-9(10)13/h4-6H,3,7,13H2,1-2H3,(H,16,17). The maximum absolute atomic E-state index is 11.5. The highest BCUT2D eigenvalue weighted by Crippen LogP contribution is 2.22. The normalized spacial score (nSPS) is 9.89. The number of likely N-dealkylation sites (N-methyl/N-ethyl adjacent to an activating group) is 1. The van der Waals surface area contributed by atoms with E-state index in [1.807, 2.05) is 6.92 Å². The zero-order valence-corrected chi connectivity index (χ0v) is 10.3. The van der Waals surface area contributed by atoms with Crippen molar-refractivity contribution in [1.82, 2.24) is 4.90 Å². The summed E-state index contributed by atoms with van der Waals surface area (Å²) in [5.41, 5.74) is 5.92. The average molecular weight is 252 g/mol. The van der Waals surface area contributed by atoms with E-state index in [0.29, 0.717) is 12.3 Å². The van der Waals surface area contributed by atoms with E-state index in [-0.39, 0.29) is 23.8 Å². The number of nitrogen functional groups attached to an aromatic ring is 1. The zero-order chi connectivity index (χ0) is 13.7. The van der Waals surface area contributed by atoms with Gasteiger partial charge in [0.1, 0.15) is 5.75 Å². The van der Waals surface area contributed by atoms with Crippen LogP contribution in [0.15, 0.2) is 18.2 Å². The Balaban J connectivity index is 2.69. The number of rotatable bonds is 5. The lowest BCUT2D eigenvalue weighted by Crippen LogP contribution is -2.31. The number of nitrogens with two attached hydrogens (primary N) is 1. The quantitative estimate of drug-likeness (QED) is 0.757. The van der Waals surface area contributed by atoms with Crippen LogP contribution in [0.1, 0.15) is 17.3 Å². The first kappa shape index (κ1) is 13.8. The van der Waals surface area contributed by atoms with Crippen molar-refractivity contribution in [2.75, 3.05) is 25.9 Å². The molecule has 0 heterocycles. The molecule has 98 valence electrons. The summed E-state index contributed by atoms with van der Waals surface area (Å²) in [6.45, 7) is 2.32. The first-order chi connectivity index (χ1) is 8.45. The van der Waals surface area contributed by atoms with Gasteiger partial charge in [-0.1, -0.05) is 0 Å². The number of carboxylic acid groups (broad SMARTS) is 1. The molecule has 0 radical (unpaired) electrons. The van der Waals surface area contributed by atoms with Crippen molar-refractivity contribution in [3.05, 3.63) is 23.8 Å². The number of ether oxygens (including phenoxy) is 1. The number of anilines is 1. The van der Waals surface area contributed by atoms with Gasteiger partial charge in [-0.3, -0.25) is 4.79 Å². The van der Waals surface area contributed by atoms with E-state index in [0.717, 1.165) is 0 Å². The molecule has 0 bridgehead atoms. The third-order valence-electron chi connectivity index (χ3n) is 2.51. The molecule has 6 nitrogen and oxygen atoms in total. The van der Waals surface area contributed by atoms with E-state index in [1.54, 1.807) is 7.05 Å². The first-order valence-electron chi connectivity index (χ1n) is 5.45. The fourth-order valence-corrected chi connectivity index (χ4v) is 1.24. The Labute approximate surface area is 105 Å². The van der Waals surface area contributed by atoms with Crippen LogP contribution < -0.4 is 10.5 Å². The number of hydrogen-bond acceptors (Lipinski definition) is 4. The van der Waals surface area contributed by atoms with Gasteiger partial charge in [-0.15, -0.1) is 0 Å². The Morgan fingerprint density at radius 1 is 1.44 bits per heavy atom. The van der Waals surface area contributed by atoms with Crippen LogP contribution in [0.2, 0.25) is 0 Å². The predicted molar refractivity (Wildman–Crippen MR) is 66.6 cm³/mol. The van der Waals surface area contributed by atoms with Gasteiger partial charge in [0.05, 0.1) is 11.3 Å². The second kappa shape index (κ2) is 5.90. The predicted octanol–water partition coefficient (Wildman–Crippen LogP) is 0.824. The lowest BCUT2D eigenvalue weighted by atomic mass is 10.2. The van der Waals surface area contributed by atoms with Gasteiger partial charge >= 0.3 is 5.97 Å². The summed E-state index contributed by atoms with van der Waals surface area (Å²) >= 11 is 0. The summed E-state index contributed by atoms with van der Waals surface area (Å²) in [4.78, 5) is 23.7. The number of carbonyl (C=O) groups is 2. The molecule has 0 fully saturated rings. The number of aromatic carboxylic acids is 1. The van der Waals surface area contributed by atoms with E-state index in [9.17, 15) is 9.59 Å². The molecule has 6 heteroatoms. The van der Waals surface area contributed by atoms with E-state index in [1.165, 1.54) is 23.1 Å². The fraction of sp³-hybridized carbons (Fsp3) is 0.333. The lowest BCUT2D eigenvalue weighted by molar-refractivity contribution is -0.131. The van der Waals surface area contributed by atoms with E-state index >= 15 is 0 Å². The van der Waals surface area contributed by atoms with Crippen LogP contribution in [-0.2, 0) is 4.79 Å². The lowest BCUT2D eigenvalue weighted by Gasteiger charge is -2.15. The number of benzene rings is 1. The van der Waals surface area contributed by atoms with Gasteiger partial charge in [-0.25, -0.2) is 4.79 Å². The van der Waals surface area contributed by atoms with Gasteiger partial charge in [-0.2, -0.15) is 0 Å². The maximum Gasteiger partial charge on any atom is 0.335 e. The monoisotopic (exact) mass is 252 g/mol. The SMILES string of the molecule is CCN(C)C(=O)COc1ccc(C(=O)O)cc1N. The third kappa shape index (κ3) is 3.38. The molecule has 3 N–H and O–H groups in total. The largest absolute Gasteiger partial charge is 0.482 e. The van der Waals surface area contributed by atoms with Gasteiger partial charge in [0.2, 0.25) is 0 Å². The summed E-state index contributed by atoms with van der Waals surface area (Å²) in [7, 11) is 1.67. The maximum atomic E-state index is 11.5. The van der Waals surface area contributed by atoms with Gasteiger partial charge in [0.25, 0.3) is 5.91 Å². The van der Waals surface area contributed by atoms with Crippen molar-refractivity contribution in [2.45, 2.75) is 6.92 Å². The number of nitrogens with zero attached hydrogens (tertiary/aromatic N) is 1. The molecule has 1 rings (SSSR count). The number of hydrogen-bond donors (Lipinski definition) is 2. The minimum absolute atomic E-state index is 0.0804. The molecule has 0 aromatic heterocycles. The molecule has 0 aliphatic carbocycles. The molecule has 0 aliphatic rings. The zero-order valence-electron chi connectivity index (χ0n) is 10.3. The van der Waals surface area contributed by atoms with Gasteiger partial charge < -0.3 is 20.5 Å². The molecule has 0 saturated heterocycles. The second-order valence-electron chi connectivity index (χ2n) is 3.75. The summed E-state index contributed by atoms with van der Waals surface area (Å²) in [6.07, 6.45) is 0. The van der Waals surface area contributed by atoms with E-state index in [4.69, 9.17) is 15.6 Å². The Morgan fingerprint density at radius 3 is 2.61 bits per heavy atom. The van der Waals surface area contributed by atoms with Crippen molar-refractivity contribution in [2.24, 2.45) is 0 Å². The fourth-order valence-electron chi connectivity index (χ4n) is 1.24. The Kier molecular flexibility index (Phi) is 4.53. The minimum Gasteiger partial charge on any atom is -0.482 e. The molecule has 1 aromatic rings. The van der Waals surface area contributed by atoms with E-state index < -0.39 is 5.97 Å². The molecule has 1 amide bonds. The average Bonchev–Trinajstić information content (AvgIpc) is 2.35. The molecule has 0 atom stereocenters. The van der Waals surface area contributed by atoms with Crippen LogP contribution in [0.5, 0.6) is 5.75 Å². The Morgan fingerprint density at radius 2 is 2.11 bits per heavy atom. The van der Waals surface area contributed by atoms with Crippen molar-refractivity contribution >= 4 is 17.6 Å². The molecule has 0 unspecified atom stereocenters. The summed E-state index contributed by atoms with van der Waals surface area (Å²) in [6, 6.07) is 4.12. The highest BCUT2D eigenvalue weighted by Gasteiger charge is 2.10. The van der Waals surface area contributed by atoms with Crippen LogP contribution in [0.25, 0.3) is 0 Å². The third-order valence-corrected chi connectivity index (χ3v) is 2.51. The molecule has 18 heavy (non-hydrogen) atoms. The molecule has 0 aliphatic heterocycles. The number of amides is 1. The van der Waals surface area contributed by atoms with Crippen LogP contribution >= 0.6 is 0 Å². The minimum atomic E-state index is -1.06. The molecule has 0 saturated carbocycles. The van der Waals surface area contributed by atoms with Crippen molar-refractivity contribution in [3.63, 3.8) is 0 Å². The van der Waals surface area contributed by atoms with Crippen molar-refractivity contribution in [3.8, 4) is 5.75 Å². The molecule has 0 spiro atoms. The smallest absolute Gasteiger partial charge is 0.335 e. The summed E-state index contributed by atoms with van der Waals surface area (Å²) < 4.78 is 5.25. The molecular formula is C12H16N2O4. The topological polar surface area (TPSA) is 92.9 Å². The molecular weight excluding hydrogens is 236 g/mol. The van der Waals surface area contributed by atoms with Crippen LogP contribution in [-0.4, -0.2) is 42.1 Å². The van der Waals surface area contributed by atoms with Crippen LogP contribution in [0.4, 0.5) is 5.69 Å². The molecule has 1 aromatic carbocycles. The van der Waals surface area contributed by atoms with Gasteiger partial charge in [0.15, 0.2) is 6.61 Å². The van der Waals surface area contributed by atoms with Gasteiger partial charge in [-0.05, 0) is 25.1 Å². The highest BCUT2D eigenvalue weighted by atomic mass is 16.5. The Hall–Kier alpha value is -2.24. The highest BCUT2D eigenvalue weighted by molar-refractivity contribution is 5.89. The Bertz CT molecular complexity index is 459. The second-order valence-corrected chi connectivity index (χ2v) is 3.75. The summed E-state index contributed by atoms with van der Waals surface area (Å²) in [5, 5.41) is 8.77. The van der Waals surface area contributed by atoms with Crippen LogP contribution in [0, 0.1) is 0 Å². The number of carboxylic acids is 1. The number of carbonyl (C=O) groups excluding carboxylic acids is 1. The van der Waals surface area contributed by atoms with Crippen molar-refractivity contribution < 1.29 is 19.4 Å². The van der Waals surface area contributed by atoms with E-state index in [2.05, 4.69) is 0 Å². The summed E-state index contributed by atoms with van der Waals surface area (Å²) in [5.74, 6) is -0.924. The van der Waals surface area contributed by atoms with Gasteiger partial charge in [0, 0.05) is 13.6 Å². The van der Waals surface area contributed by atoms with Crippen LogP contribution in [0.3, 0.4) is 0 Å². The first-order valence-corrected chi connectivity index (χ1v) is 5.45.